The van der Waals surface area contributed by atoms with Gasteiger partial charge in [-0.3, -0.25) is 19.8 Å². The monoisotopic (exact) mass is 487 g/mol. The Labute approximate surface area is 187 Å². The van der Waals surface area contributed by atoms with Crippen LogP contribution in [0.2, 0.25) is 0 Å². The van der Waals surface area contributed by atoms with Crippen LogP contribution >= 0.6 is 15.9 Å². The van der Waals surface area contributed by atoms with Crippen molar-refractivity contribution in [3.63, 3.8) is 0 Å². The van der Waals surface area contributed by atoms with E-state index in [2.05, 4.69) is 26.1 Å². The molecule has 9 heteroatoms. The van der Waals surface area contributed by atoms with Gasteiger partial charge in [0.25, 0.3) is 11.9 Å². The van der Waals surface area contributed by atoms with Crippen LogP contribution in [0.3, 0.4) is 0 Å². The van der Waals surface area contributed by atoms with E-state index in [1.54, 1.807) is 13.2 Å². The lowest BCUT2D eigenvalue weighted by Crippen LogP contribution is -2.55. The van der Waals surface area contributed by atoms with Gasteiger partial charge in [0.2, 0.25) is 0 Å². The smallest absolute Gasteiger partial charge is 0.256 e. The molecule has 2 aromatic rings. The van der Waals surface area contributed by atoms with Crippen molar-refractivity contribution in [3.05, 3.63) is 62.1 Å². The molecule has 0 radical (unpaired) electrons. The molecule has 2 fully saturated rings. The third-order valence-corrected chi connectivity index (χ3v) is 7.52. The molecule has 1 amide bonds. The summed E-state index contributed by atoms with van der Waals surface area (Å²) in [6, 6.07) is 9.72. The molecule has 5 rings (SSSR count). The van der Waals surface area contributed by atoms with Crippen molar-refractivity contribution in [3.8, 4) is 11.5 Å². The van der Waals surface area contributed by atoms with Gasteiger partial charge in [-0.25, -0.2) is 0 Å². The van der Waals surface area contributed by atoms with Crippen LogP contribution < -0.4 is 14.8 Å². The first-order valence-electron chi connectivity index (χ1n) is 10.2. The first-order chi connectivity index (χ1) is 14.9. The first kappa shape index (κ1) is 20.3. The third-order valence-electron chi connectivity index (χ3n) is 6.93. The fraction of sp³-hybridized carbons (Fsp3) is 0.409. The lowest BCUT2D eigenvalue weighted by molar-refractivity contribution is -0.534. The fourth-order valence-corrected chi connectivity index (χ4v) is 6.53. The molecule has 0 saturated carbocycles. The summed E-state index contributed by atoms with van der Waals surface area (Å²) in [6.45, 7) is 0.641. The molecule has 0 aliphatic carbocycles. The Hall–Kier alpha value is -2.65. The Morgan fingerprint density at radius 1 is 1.26 bits per heavy atom. The van der Waals surface area contributed by atoms with Crippen molar-refractivity contribution in [1.29, 1.82) is 0 Å². The second kappa shape index (κ2) is 7.20. The molecule has 1 N–H and O–H groups in total. The Balaban J connectivity index is 1.75. The van der Waals surface area contributed by atoms with Gasteiger partial charge in [-0.2, -0.15) is 0 Å². The van der Waals surface area contributed by atoms with Crippen LogP contribution in [0.4, 0.5) is 5.69 Å². The summed E-state index contributed by atoms with van der Waals surface area (Å²) in [6.07, 6.45) is 1.68. The molecule has 0 unspecified atom stereocenters. The number of methoxy groups -OCH3 is 2. The summed E-state index contributed by atoms with van der Waals surface area (Å²) >= 11 is 3.52. The molecule has 162 valence electrons. The summed E-state index contributed by atoms with van der Waals surface area (Å²) in [5, 5.41) is 15.5. The first-order valence-corrected chi connectivity index (χ1v) is 11.0. The van der Waals surface area contributed by atoms with Crippen LogP contribution in [-0.2, 0) is 10.3 Å². The summed E-state index contributed by atoms with van der Waals surface area (Å²) in [4.78, 5) is 27.9. The number of hydrogen-bond acceptors (Lipinski definition) is 6. The van der Waals surface area contributed by atoms with E-state index in [4.69, 9.17) is 9.47 Å². The third kappa shape index (κ3) is 2.59. The highest BCUT2D eigenvalue weighted by Gasteiger charge is 2.73. The van der Waals surface area contributed by atoms with Gasteiger partial charge in [-0.1, -0.05) is 18.2 Å². The predicted molar refractivity (Wildman–Crippen MR) is 117 cm³/mol. The quantitative estimate of drug-likeness (QED) is 0.523. The van der Waals surface area contributed by atoms with Crippen LogP contribution in [0.1, 0.15) is 29.9 Å². The van der Waals surface area contributed by atoms with Crippen LogP contribution in [-0.4, -0.2) is 48.6 Å². The minimum Gasteiger partial charge on any atom is -0.493 e. The molecule has 3 aliphatic heterocycles. The summed E-state index contributed by atoms with van der Waals surface area (Å²) in [7, 11) is 3.09. The van der Waals surface area contributed by atoms with E-state index < -0.39 is 17.5 Å². The number of nitro groups is 1. The maximum atomic E-state index is 13.5. The van der Waals surface area contributed by atoms with Gasteiger partial charge in [0.15, 0.2) is 17.0 Å². The largest absolute Gasteiger partial charge is 0.493 e. The second-order valence-electron chi connectivity index (χ2n) is 8.16. The number of ether oxygens (including phenoxy) is 2. The lowest BCUT2D eigenvalue weighted by atomic mass is 9.77. The van der Waals surface area contributed by atoms with Gasteiger partial charge in [0.1, 0.15) is 0 Å². The normalized spacial score (nSPS) is 29.0. The number of hydrogen-bond donors (Lipinski definition) is 1. The van der Waals surface area contributed by atoms with Crippen LogP contribution in [0.25, 0.3) is 0 Å². The molecule has 3 aliphatic rings. The number of halogens is 1. The molecule has 1 spiro atoms. The van der Waals surface area contributed by atoms with E-state index in [0.717, 1.165) is 18.4 Å². The second-order valence-corrected chi connectivity index (χ2v) is 9.02. The van der Waals surface area contributed by atoms with Gasteiger partial charge in [0.05, 0.1) is 24.6 Å². The van der Waals surface area contributed by atoms with Crippen molar-refractivity contribution in [2.24, 2.45) is 0 Å². The average Bonchev–Trinajstić information content (AvgIpc) is 3.40. The maximum absolute atomic E-state index is 13.5. The SMILES string of the molecule is COc1cc([C@@H]2[C@@H]3CCCN3[C@]3(C(=O)Nc4ccccc43)[C@@H]2[N+](=O)[O-])cc(Br)c1OC. The molecule has 0 aromatic heterocycles. The zero-order chi connectivity index (χ0) is 21.9. The predicted octanol–water partition coefficient (Wildman–Crippen LogP) is 3.52. The average molecular weight is 488 g/mol. The number of nitrogens with zero attached hydrogens (tertiary/aromatic N) is 2. The molecule has 3 heterocycles. The van der Waals surface area contributed by atoms with Crippen molar-refractivity contribution >= 4 is 27.5 Å². The molecule has 2 aromatic carbocycles. The van der Waals surface area contributed by atoms with E-state index in [9.17, 15) is 14.9 Å². The minimum atomic E-state index is -1.33. The number of rotatable bonds is 4. The van der Waals surface area contributed by atoms with E-state index in [1.165, 1.54) is 7.11 Å². The van der Waals surface area contributed by atoms with Gasteiger partial charge < -0.3 is 14.8 Å². The topological polar surface area (TPSA) is 93.9 Å². The summed E-state index contributed by atoms with van der Waals surface area (Å²) in [5.41, 5.74) is 0.776. The molecule has 2 saturated heterocycles. The zero-order valence-corrected chi connectivity index (χ0v) is 18.7. The van der Waals surface area contributed by atoms with Gasteiger partial charge in [-0.15, -0.1) is 0 Å². The number of anilines is 1. The molecule has 8 nitrogen and oxygen atoms in total. The Kier molecular flexibility index (Phi) is 4.71. The van der Waals surface area contributed by atoms with E-state index in [-0.39, 0.29) is 16.9 Å². The van der Waals surface area contributed by atoms with Gasteiger partial charge in [-0.05, 0) is 52.5 Å². The fourth-order valence-electron chi connectivity index (χ4n) is 5.91. The molecule has 0 bridgehead atoms. The number of carbonyl (C=O) groups excluding carboxylic acids is 1. The Bertz CT molecular complexity index is 1090. The van der Waals surface area contributed by atoms with Crippen molar-refractivity contribution in [1.82, 2.24) is 4.90 Å². The number of nitrogens with one attached hydrogen (secondary N) is 1. The lowest BCUT2D eigenvalue weighted by Gasteiger charge is -2.32. The number of para-hydroxylation sites is 1. The van der Waals surface area contributed by atoms with E-state index >= 15 is 0 Å². The maximum Gasteiger partial charge on any atom is 0.256 e. The van der Waals surface area contributed by atoms with Crippen molar-refractivity contribution < 1.29 is 19.2 Å². The number of carbonyl (C=O) groups is 1. The Morgan fingerprint density at radius 2 is 2.03 bits per heavy atom. The highest BCUT2D eigenvalue weighted by Crippen LogP contribution is 2.58. The highest BCUT2D eigenvalue weighted by atomic mass is 79.9. The molecular weight excluding hydrogens is 466 g/mol. The van der Waals surface area contributed by atoms with Crippen LogP contribution in [0.15, 0.2) is 40.9 Å². The number of benzene rings is 2. The number of amides is 1. The molecular formula is C22H22BrN3O5. The van der Waals surface area contributed by atoms with Gasteiger partial charge >= 0.3 is 0 Å². The standard InChI is InChI=1S/C22H22BrN3O5/c1-30-17-11-12(10-14(23)19(17)31-2)18-16-8-5-9-25(16)22(20(18)26(28)29)13-6-3-4-7-15(13)24-21(22)27/h3-4,6-7,10-11,16,18,20H,5,8-9H2,1-2H3,(H,24,27)/t16-,18+,20+,22-/m0/s1. The van der Waals surface area contributed by atoms with Crippen molar-refractivity contribution in [2.75, 3.05) is 26.1 Å². The van der Waals surface area contributed by atoms with Gasteiger partial charge in [0, 0.05) is 28.8 Å². The summed E-state index contributed by atoms with van der Waals surface area (Å²) in [5.74, 6) is 0.231. The number of fused-ring (bicyclic) bond motifs is 4. The zero-order valence-electron chi connectivity index (χ0n) is 17.1. The highest BCUT2D eigenvalue weighted by molar-refractivity contribution is 9.10. The molecule has 31 heavy (non-hydrogen) atoms. The van der Waals surface area contributed by atoms with E-state index in [1.807, 2.05) is 30.3 Å². The van der Waals surface area contributed by atoms with Crippen molar-refractivity contribution in [2.45, 2.75) is 36.4 Å². The Morgan fingerprint density at radius 3 is 2.74 bits per heavy atom. The van der Waals surface area contributed by atoms with E-state index in [0.29, 0.717) is 33.8 Å². The minimum absolute atomic E-state index is 0.127. The summed E-state index contributed by atoms with van der Waals surface area (Å²) < 4.78 is 11.6. The molecule has 4 atom stereocenters. The van der Waals surface area contributed by atoms with Crippen LogP contribution in [0, 0.1) is 10.1 Å². The van der Waals surface area contributed by atoms with Crippen LogP contribution in [0.5, 0.6) is 11.5 Å².